The molecule has 0 aromatic heterocycles. The van der Waals surface area contributed by atoms with Crippen molar-refractivity contribution >= 4 is 9.84 Å². The third kappa shape index (κ3) is 5.20. The monoisotopic (exact) mass is 450 g/mol. The maximum absolute atomic E-state index is 12.3. The van der Waals surface area contributed by atoms with Crippen LogP contribution in [0.5, 0.6) is 0 Å². The van der Waals surface area contributed by atoms with E-state index in [9.17, 15) is 18.6 Å². The second kappa shape index (κ2) is 9.52. The van der Waals surface area contributed by atoms with E-state index in [1.807, 2.05) is 0 Å². The number of aliphatic hydroxyl groups is 2. The van der Waals surface area contributed by atoms with Crippen molar-refractivity contribution < 1.29 is 18.6 Å². The van der Waals surface area contributed by atoms with Gasteiger partial charge in [0.2, 0.25) is 0 Å². The number of rotatable bonds is 6. The van der Waals surface area contributed by atoms with Gasteiger partial charge in [0, 0.05) is 6.42 Å². The molecule has 0 bridgehead atoms. The lowest BCUT2D eigenvalue weighted by Crippen LogP contribution is -2.36. The SMILES string of the molecule is C=C1C(=CC=C2CCC[C@]3(C)[C@@H]([C@H](C)CCS(=O)(=O)C(C)C)CC[C@@H]23)C[C@@H](O)C[C@@H]1O. The average Bonchev–Trinajstić information content (AvgIpc) is 3.05. The van der Waals surface area contributed by atoms with Gasteiger partial charge in [-0.25, -0.2) is 8.42 Å². The predicted octanol–water partition coefficient (Wildman–Crippen LogP) is 4.98. The molecule has 0 radical (unpaired) electrons. The molecular formula is C26H42O4S. The van der Waals surface area contributed by atoms with Crippen molar-refractivity contribution in [2.45, 2.75) is 96.5 Å². The molecule has 3 aliphatic carbocycles. The molecule has 0 spiro atoms. The van der Waals surface area contributed by atoms with Crippen molar-refractivity contribution in [3.8, 4) is 0 Å². The van der Waals surface area contributed by atoms with Gasteiger partial charge in [0.15, 0.2) is 9.84 Å². The Morgan fingerprint density at radius 1 is 1.19 bits per heavy atom. The molecule has 0 unspecified atom stereocenters. The van der Waals surface area contributed by atoms with Gasteiger partial charge in [-0.1, -0.05) is 38.2 Å². The maximum atomic E-state index is 12.3. The van der Waals surface area contributed by atoms with Gasteiger partial charge in [-0.3, -0.25) is 0 Å². The Hall–Kier alpha value is -0.910. The van der Waals surface area contributed by atoms with Crippen molar-refractivity contribution in [2.24, 2.45) is 23.2 Å². The highest BCUT2D eigenvalue weighted by Crippen LogP contribution is 2.59. The van der Waals surface area contributed by atoms with Gasteiger partial charge in [-0.05, 0) is 93.1 Å². The van der Waals surface area contributed by atoms with E-state index in [1.165, 1.54) is 31.3 Å². The minimum absolute atomic E-state index is 0.228. The van der Waals surface area contributed by atoms with Crippen LogP contribution in [0.1, 0.15) is 79.1 Å². The maximum Gasteiger partial charge on any atom is 0.152 e. The molecule has 0 aromatic rings. The fraction of sp³-hybridized carbons (Fsp3) is 0.769. The number of sulfone groups is 1. The molecule has 2 N–H and O–H groups in total. The lowest BCUT2D eigenvalue weighted by molar-refractivity contribution is 0.0861. The zero-order valence-corrected chi connectivity index (χ0v) is 20.6. The summed E-state index contributed by atoms with van der Waals surface area (Å²) in [5, 5.41) is 19.9. The molecule has 3 saturated carbocycles. The molecule has 0 heterocycles. The van der Waals surface area contributed by atoms with Crippen molar-refractivity contribution in [1.82, 2.24) is 0 Å². The van der Waals surface area contributed by atoms with E-state index in [2.05, 4.69) is 32.6 Å². The van der Waals surface area contributed by atoms with E-state index < -0.39 is 22.0 Å². The van der Waals surface area contributed by atoms with E-state index >= 15 is 0 Å². The Labute approximate surface area is 189 Å². The highest BCUT2D eigenvalue weighted by Gasteiger charge is 2.50. The van der Waals surface area contributed by atoms with E-state index in [-0.39, 0.29) is 10.7 Å². The molecule has 176 valence electrons. The van der Waals surface area contributed by atoms with E-state index in [0.717, 1.165) is 24.0 Å². The molecule has 3 aliphatic rings. The third-order valence-electron chi connectivity index (χ3n) is 8.56. The Kier molecular flexibility index (Phi) is 7.60. The normalized spacial score (nSPS) is 38.1. The van der Waals surface area contributed by atoms with Crippen LogP contribution >= 0.6 is 0 Å². The van der Waals surface area contributed by atoms with Crippen LogP contribution in [0, 0.1) is 23.2 Å². The van der Waals surface area contributed by atoms with Crippen LogP contribution in [0.4, 0.5) is 0 Å². The van der Waals surface area contributed by atoms with E-state index in [4.69, 9.17) is 0 Å². The summed E-state index contributed by atoms with van der Waals surface area (Å²) in [7, 11) is -2.99. The standard InChI is InChI=1S/C26H42O4S/c1-17(2)31(29,30)14-12-18(3)23-10-11-24-20(7-6-13-26(23,24)5)8-9-21-15-22(27)16-25(28)19(21)4/h8-9,17-18,22-25,27-28H,4,6-7,10-16H2,1-3,5H3/t18-,22-,23-,24+,25+,26-/m1/s1. The van der Waals surface area contributed by atoms with Crippen molar-refractivity contribution in [3.63, 3.8) is 0 Å². The van der Waals surface area contributed by atoms with Crippen LogP contribution in [-0.2, 0) is 9.84 Å². The third-order valence-corrected chi connectivity index (χ3v) is 10.8. The number of hydrogen-bond donors (Lipinski definition) is 2. The quantitative estimate of drug-likeness (QED) is 0.599. The summed E-state index contributed by atoms with van der Waals surface area (Å²) in [5.41, 5.74) is 3.41. The summed E-state index contributed by atoms with van der Waals surface area (Å²) in [6, 6.07) is 0. The Balaban J connectivity index is 1.74. The van der Waals surface area contributed by atoms with Gasteiger partial charge < -0.3 is 10.2 Å². The fourth-order valence-corrected chi connectivity index (χ4v) is 7.64. The van der Waals surface area contributed by atoms with Crippen molar-refractivity contribution in [1.29, 1.82) is 0 Å². The molecule has 0 saturated heterocycles. The summed E-state index contributed by atoms with van der Waals surface area (Å²) < 4.78 is 24.6. The van der Waals surface area contributed by atoms with Crippen LogP contribution in [0.25, 0.3) is 0 Å². The van der Waals surface area contributed by atoms with Crippen LogP contribution in [0.2, 0.25) is 0 Å². The molecular weight excluding hydrogens is 408 g/mol. The Morgan fingerprint density at radius 3 is 2.58 bits per heavy atom. The molecule has 3 rings (SSSR count). The minimum Gasteiger partial charge on any atom is -0.393 e. The van der Waals surface area contributed by atoms with Gasteiger partial charge in [0.1, 0.15) is 0 Å². The highest BCUT2D eigenvalue weighted by molar-refractivity contribution is 7.91. The van der Waals surface area contributed by atoms with Crippen molar-refractivity contribution in [2.75, 3.05) is 5.75 Å². The van der Waals surface area contributed by atoms with Gasteiger partial charge in [-0.15, -0.1) is 0 Å². The smallest absolute Gasteiger partial charge is 0.152 e. The predicted molar refractivity (Wildman–Crippen MR) is 127 cm³/mol. The lowest BCUT2D eigenvalue weighted by Gasteiger charge is -2.44. The summed E-state index contributed by atoms with van der Waals surface area (Å²) >= 11 is 0. The van der Waals surface area contributed by atoms with Gasteiger partial charge in [0.05, 0.1) is 23.2 Å². The zero-order chi connectivity index (χ0) is 23.0. The molecule has 5 heteroatoms. The first-order valence-corrected chi connectivity index (χ1v) is 13.8. The van der Waals surface area contributed by atoms with Crippen LogP contribution < -0.4 is 0 Å². The van der Waals surface area contributed by atoms with Crippen LogP contribution in [0.15, 0.2) is 35.5 Å². The summed E-state index contributed by atoms with van der Waals surface area (Å²) in [5.74, 6) is 1.80. The average molecular weight is 451 g/mol. The molecule has 0 amide bonds. The Bertz CT molecular complexity index is 837. The van der Waals surface area contributed by atoms with Gasteiger partial charge >= 0.3 is 0 Å². The number of fused-ring (bicyclic) bond motifs is 1. The molecule has 3 fully saturated rings. The van der Waals surface area contributed by atoms with Gasteiger partial charge in [-0.2, -0.15) is 0 Å². The van der Waals surface area contributed by atoms with Crippen LogP contribution in [-0.4, -0.2) is 41.8 Å². The van der Waals surface area contributed by atoms with Crippen molar-refractivity contribution in [3.05, 3.63) is 35.5 Å². The second-order valence-electron chi connectivity index (χ2n) is 10.8. The second-order valence-corrected chi connectivity index (χ2v) is 13.5. The largest absolute Gasteiger partial charge is 0.393 e. The number of allylic oxidation sites excluding steroid dienone is 3. The first kappa shape index (κ1) is 24.7. The molecule has 6 atom stereocenters. The lowest BCUT2D eigenvalue weighted by atomic mass is 9.61. The summed E-state index contributed by atoms with van der Waals surface area (Å²) in [6.07, 6.45) is 10.7. The highest BCUT2D eigenvalue weighted by atomic mass is 32.2. The molecule has 0 aromatic carbocycles. The first-order valence-electron chi connectivity index (χ1n) is 12.1. The number of hydrogen-bond acceptors (Lipinski definition) is 4. The van der Waals surface area contributed by atoms with E-state index in [0.29, 0.717) is 36.3 Å². The first-order chi connectivity index (χ1) is 14.5. The number of aliphatic hydroxyl groups excluding tert-OH is 2. The molecule has 31 heavy (non-hydrogen) atoms. The van der Waals surface area contributed by atoms with Gasteiger partial charge in [0.25, 0.3) is 0 Å². The summed E-state index contributed by atoms with van der Waals surface area (Å²) in [6.45, 7) is 12.3. The molecule has 4 nitrogen and oxygen atoms in total. The summed E-state index contributed by atoms with van der Waals surface area (Å²) in [4.78, 5) is 0. The Morgan fingerprint density at radius 2 is 1.90 bits per heavy atom. The van der Waals surface area contributed by atoms with Crippen LogP contribution in [0.3, 0.4) is 0 Å². The minimum atomic E-state index is -2.99. The van der Waals surface area contributed by atoms with E-state index in [1.54, 1.807) is 13.8 Å². The fourth-order valence-electron chi connectivity index (χ4n) is 6.47. The topological polar surface area (TPSA) is 74.6 Å². The zero-order valence-electron chi connectivity index (χ0n) is 19.8. The molecule has 0 aliphatic heterocycles.